The standard InChI is InChI=1S/C21H20N2O2/c1-16(24)18-9-11-19(12-10-18)22-21(25)20(23-13-5-6-14-23)15-17-7-3-2-4-8-17/h2-14,20H,15H2,1H3,(H,22,25)/t20-/m1/s1. The number of carbonyl (C=O) groups excluding carboxylic acids is 2. The largest absolute Gasteiger partial charge is 0.342 e. The lowest BCUT2D eigenvalue weighted by molar-refractivity contribution is -0.119. The van der Waals surface area contributed by atoms with Gasteiger partial charge in [-0.2, -0.15) is 0 Å². The van der Waals surface area contributed by atoms with E-state index in [1.54, 1.807) is 24.3 Å². The Labute approximate surface area is 147 Å². The zero-order valence-electron chi connectivity index (χ0n) is 14.1. The van der Waals surface area contributed by atoms with Crippen LogP contribution < -0.4 is 5.32 Å². The van der Waals surface area contributed by atoms with E-state index < -0.39 is 0 Å². The molecule has 25 heavy (non-hydrogen) atoms. The van der Waals surface area contributed by atoms with Crippen molar-refractivity contribution in [3.05, 3.63) is 90.3 Å². The number of anilines is 1. The van der Waals surface area contributed by atoms with Gasteiger partial charge in [0.2, 0.25) is 5.91 Å². The molecule has 0 fully saturated rings. The van der Waals surface area contributed by atoms with Crippen molar-refractivity contribution in [1.29, 1.82) is 0 Å². The lowest BCUT2D eigenvalue weighted by Gasteiger charge is -2.19. The number of hydrogen-bond acceptors (Lipinski definition) is 2. The summed E-state index contributed by atoms with van der Waals surface area (Å²) in [6.07, 6.45) is 4.39. The summed E-state index contributed by atoms with van der Waals surface area (Å²) in [5.74, 6) is -0.0807. The Balaban J connectivity index is 1.78. The maximum atomic E-state index is 12.8. The molecule has 1 heterocycles. The first-order valence-corrected chi connectivity index (χ1v) is 8.22. The number of ketones is 1. The van der Waals surface area contributed by atoms with Crippen LogP contribution in [0.4, 0.5) is 5.69 Å². The van der Waals surface area contributed by atoms with Crippen LogP contribution in [0.5, 0.6) is 0 Å². The van der Waals surface area contributed by atoms with Crippen LogP contribution in [0, 0.1) is 0 Å². The van der Waals surface area contributed by atoms with Crippen molar-refractivity contribution < 1.29 is 9.59 Å². The molecule has 126 valence electrons. The van der Waals surface area contributed by atoms with Gasteiger partial charge in [0, 0.05) is 30.1 Å². The number of carbonyl (C=O) groups is 2. The van der Waals surface area contributed by atoms with Crippen LogP contribution in [0.15, 0.2) is 79.1 Å². The van der Waals surface area contributed by atoms with Gasteiger partial charge >= 0.3 is 0 Å². The maximum Gasteiger partial charge on any atom is 0.247 e. The second-order valence-corrected chi connectivity index (χ2v) is 5.96. The average molecular weight is 332 g/mol. The van der Waals surface area contributed by atoms with Crippen LogP contribution in [0.3, 0.4) is 0 Å². The Kier molecular flexibility index (Phi) is 5.09. The van der Waals surface area contributed by atoms with Gasteiger partial charge in [0.1, 0.15) is 6.04 Å². The molecule has 0 unspecified atom stereocenters. The molecule has 4 nitrogen and oxygen atoms in total. The zero-order chi connectivity index (χ0) is 17.6. The normalized spacial score (nSPS) is 11.7. The smallest absolute Gasteiger partial charge is 0.247 e. The molecule has 0 saturated carbocycles. The molecule has 0 spiro atoms. The second-order valence-electron chi connectivity index (χ2n) is 5.96. The first kappa shape index (κ1) is 16.7. The highest BCUT2D eigenvalue weighted by Gasteiger charge is 2.20. The minimum atomic E-state index is -0.343. The summed E-state index contributed by atoms with van der Waals surface area (Å²) in [6, 6.07) is 20.4. The number of benzene rings is 2. The lowest BCUT2D eigenvalue weighted by Crippen LogP contribution is -2.27. The summed E-state index contributed by atoms with van der Waals surface area (Å²) < 4.78 is 1.91. The summed E-state index contributed by atoms with van der Waals surface area (Å²) in [6.45, 7) is 1.52. The molecule has 0 bridgehead atoms. The van der Waals surface area contributed by atoms with Gasteiger partial charge < -0.3 is 9.88 Å². The van der Waals surface area contributed by atoms with E-state index in [1.165, 1.54) is 6.92 Å². The average Bonchev–Trinajstić information content (AvgIpc) is 3.15. The molecule has 1 amide bonds. The van der Waals surface area contributed by atoms with E-state index in [0.717, 1.165) is 5.56 Å². The molecule has 0 aliphatic carbocycles. The summed E-state index contributed by atoms with van der Waals surface area (Å²) in [5, 5.41) is 2.95. The number of nitrogens with zero attached hydrogens (tertiary/aromatic N) is 1. The van der Waals surface area contributed by atoms with E-state index in [2.05, 4.69) is 5.32 Å². The Morgan fingerprint density at radius 1 is 0.920 bits per heavy atom. The van der Waals surface area contributed by atoms with Crippen LogP contribution in [-0.4, -0.2) is 16.3 Å². The molecular formula is C21H20N2O2. The molecule has 3 rings (SSSR count). The fourth-order valence-electron chi connectivity index (χ4n) is 2.74. The molecule has 0 aliphatic heterocycles. The third-order valence-corrected chi connectivity index (χ3v) is 4.12. The minimum absolute atomic E-state index is 0.00664. The molecule has 4 heteroatoms. The topological polar surface area (TPSA) is 51.1 Å². The predicted molar refractivity (Wildman–Crippen MR) is 98.7 cm³/mol. The molecule has 0 aliphatic rings. The number of rotatable bonds is 6. The van der Waals surface area contributed by atoms with Crippen LogP contribution in [0.25, 0.3) is 0 Å². The third kappa shape index (κ3) is 4.23. The Hall–Kier alpha value is -3.14. The van der Waals surface area contributed by atoms with Crippen LogP contribution in [-0.2, 0) is 11.2 Å². The van der Waals surface area contributed by atoms with Crippen molar-refractivity contribution >= 4 is 17.4 Å². The van der Waals surface area contributed by atoms with Gasteiger partial charge in [-0.1, -0.05) is 30.3 Å². The third-order valence-electron chi connectivity index (χ3n) is 4.12. The first-order chi connectivity index (χ1) is 12.1. The number of amides is 1. The zero-order valence-corrected chi connectivity index (χ0v) is 14.1. The van der Waals surface area contributed by atoms with Crippen molar-refractivity contribution in [2.24, 2.45) is 0 Å². The van der Waals surface area contributed by atoms with Gasteiger partial charge in [-0.25, -0.2) is 0 Å². The van der Waals surface area contributed by atoms with Crippen molar-refractivity contribution in [3.8, 4) is 0 Å². The molecule has 1 aromatic heterocycles. The highest BCUT2D eigenvalue weighted by molar-refractivity contribution is 5.96. The maximum absolute atomic E-state index is 12.8. The Morgan fingerprint density at radius 3 is 2.16 bits per heavy atom. The Morgan fingerprint density at radius 2 is 1.56 bits per heavy atom. The van der Waals surface area contributed by atoms with Gasteiger partial charge in [-0.15, -0.1) is 0 Å². The molecule has 2 aromatic carbocycles. The highest BCUT2D eigenvalue weighted by atomic mass is 16.2. The SMILES string of the molecule is CC(=O)c1ccc(NC(=O)[C@@H](Cc2ccccc2)n2cccc2)cc1. The molecular weight excluding hydrogens is 312 g/mol. The molecule has 3 aromatic rings. The number of nitrogens with one attached hydrogen (secondary N) is 1. The van der Waals surface area contributed by atoms with Crippen molar-refractivity contribution in [2.45, 2.75) is 19.4 Å². The van der Waals surface area contributed by atoms with E-state index in [9.17, 15) is 9.59 Å². The summed E-state index contributed by atoms with van der Waals surface area (Å²) in [4.78, 5) is 24.2. The highest BCUT2D eigenvalue weighted by Crippen LogP contribution is 2.18. The minimum Gasteiger partial charge on any atom is -0.342 e. The van der Waals surface area contributed by atoms with Gasteiger partial charge in [0.15, 0.2) is 5.78 Å². The predicted octanol–water partition coefficient (Wildman–Crippen LogP) is 4.11. The van der Waals surface area contributed by atoms with Crippen molar-refractivity contribution in [3.63, 3.8) is 0 Å². The van der Waals surface area contributed by atoms with Crippen molar-refractivity contribution in [2.75, 3.05) is 5.32 Å². The second kappa shape index (κ2) is 7.62. The summed E-state index contributed by atoms with van der Waals surface area (Å²) >= 11 is 0. The number of Topliss-reactive ketones (excluding diaryl/α,β-unsaturated/α-hetero) is 1. The Bertz CT molecular complexity index is 837. The van der Waals surface area contributed by atoms with E-state index in [0.29, 0.717) is 17.7 Å². The summed E-state index contributed by atoms with van der Waals surface area (Å²) in [7, 11) is 0. The van der Waals surface area contributed by atoms with Crippen LogP contribution in [0.1, 0.15) is 28.9 Å². The van der Waals surface area contributed by atoms with E-state index >= 15 is 0 Å². The molecule has 0 saturated heterocycles. The van der Waals surface area contributed by atoms with E-state index in [4.69, 9.17) is 0 Å². The van der Waals surface area contributed by atoms with E-state index in [-0.39, 0.29) is 17.7 Å². The van der Waals surface area contributed by atoms with Crippen molar-refractivity contribution in [1.82, 2.24) is 4.57 Å². The lowest BCUT2D eigenvalue weighted by atomic mass is 10.0. The van der Waals surface area contributed by atoms with Gasteiger partial charge in [-0.3, -0.25) is 9.59 Å². The molecule has 1 atom stereocenters. The van der Waals surface area contributed by atoms with Gasteiger partial charge in [-0.05, 0) is 48.9 Å². The molecule has 1 N–H and O–H groups in total. The quantitative estimate of drug-likeness (QED) is 0.691. The fourth-order valence-corrected chi connectivity index (χ4v) is 2.74. The monoisotopic (exact) mass is 332 g/mol. The van der Waals surface area contributed by atoms with E-state index in [1.807, 2.05) is 59.4 Å². The van der Waals surface area contributed by atoms with Gasteiger partial charge in [0.25, 0.3) is 0 Å². The fraction of sp³-hybridized carbons (Fsp3) is 0.143. The van der Waals surface area contributed by atoms with Crippen LogP contribution in [0.2, 0.25) is 0 Å². The molecule has 0 radical (unpaired) electrons. The summed E-state index contributed by atoms with van der Waals surface area (Å²) in [5.41, 5.74) is 2.41. The first-order valence-electron chi connectivity index (χ1n) is 8.22. The van der Waals surface area contributed by atoms with Gasteiger partial charge in [0.05, 0.1) is 0 Å². The number of aromatic nitrogens is 1. The van der Waals surface area contributed by atoms with Crippen LogP contribution >= 0.6 is 0 Å². The number of hydrogen-bond donors (Lipinski definition) is 1.